The zero-order chi connectivity index (χ0) is 9.26. The highest BCUT2D eigenvalue weighted by atomic mass is 16.3. The molecule has 0 aliphatic rings. The number of rotatable bonds is 1. The molecule has 0 aliphatic heterocycles. The van der Waals surface area contributed by atoms with Crippen molar-refractivity contribution < 1.29 is 5.11 Å². The minimum Gasteiger partial charge on any atom is -0.508 e. The van der Waals surface area contributed by atoms with Gasteiger partial charge in [-0.15, -0.1) is 0 Å². The zero-order valence-electron chi connectivity index (χ0n) is 7.07. The second kappa shape index (κ2) is 2.90. The van der Waals surface area contributed by atoms with Gasteiger partial charge in [-0.25, -0.2) is 0 Å². The summed E-state index contributed by atoms with van der Waals surface area (Å²) >= 11 is 0. The van der Waals surface area contributed by atoms with Crippen molar-refractivity contribution in [3.05, 3.63) is 42.6 Å². The van der Waals surface area contributed by atoms with Crippen LogP contribution in [0.3, 0.4) is 0 Å². The molecule has 0 aliphatic carbocycles. The number of phenolic OH excluding ortho intramolecular Hbond substituents is 1. The first kappa shape index (κ1) is 7.80. The maximum atomic E-state index is 9.35. The molecule has 2 rings (SSSR count). The lowest BCUT2D eigenvalue weighted by Gasteiger charge is -2.01. The number of nitrogens with zero attached hydrogens (tertiary/aromatic N) is 1. The summed E-state index contributed by atoms with van der Waals surface area (Å²) in [5, 5.41) is 10.4. The van der Waals surface area contributed by atoms with E-state index in [1.807, 2.05) is 12.1 Å². The van der Waals surface area contributed by atoms with Crippen molar-refractivity contribution in [2.24, 2.45) is 0 Å². The van der Waals surface area contributed by atoms with Crippen LogP contribution in [0.4, 0.5) is 0 Å². The van der Waals surface area contributed by atoms with Crippen LogP contribution in [-0.2, 0) is 0 Å². The molecule has 0 atom stereocenters. The third-order valence-corrected chi connectivity index (χ3v) is 1.96. The summed E-state index contributed by atoms with van der Waals surface area (Å²) in [5.74, 6) is 0.223. The molecular formula is C11H9NO. The van der Waals surface area contributed by atoms with E-state index in [1.165, 1.54) is 0 Å². The summed E-state index contributed by atoms with van der Waals surface area (Å²) in [4.78, 5) is 4.14. The average Bonchev–Trinajstić information content (AvgIpc) is 2.16. The number of fused-ring (bicyclic) bond motifs is 1. The summed E-state index contributed by atoms with van der Waals surface area (Å²) in [6.45, 7) is 3.68. The number of aromatic nitrogens is 1. The summed E-state index contributed by atoms with van der Waals surface area (Å²) in [6.07, 6.45) is 3.42. The highest BCUT2D eigenvalue weighted by Gasteiger charge is 2.00. The van der Waals surface area contributed by atoms with Crippen molar-refractivity contribution >= 4 is 17.0 Å². The molecule has 0 saturated heterocycles. The van der Waals surface area contributed by atoms with Gasteiger partial charge in [0.2, 0.25) is 0 Å². The fourth-order valence-corrected chi connectivity index (χ4v) is 1.36. The van der Waals surface area contributed by atoms with E-state index >= 15 is 0 Å². The maximum absolute atomic E-state index is 9.35. The first-order valence-corrected chi connectivity index (χ1v) is 4.01. The Morgan fingerprint density at radius 2 is 2.23 bits per heavy atom. The predicted octanol–water partition coefficient (Wildman–Crippen LogP) is 2.58. The molecule has 2 nitrogen and oxygen atoms in total. The fraction of sp³-hybridized carbons (Fsp3) is 0. The number of hydrogen-bond acceptors (Lipinski definition) is 2. The average molecular weight is 171 g/mol. The van der Waals surface area contributed by atoms with Gasteiger partial charge in [0.25, 0.3) is 0 Å². The van der Waals surface area contributed by atoms with Gasteiger partial charge in [0.05, 0.1) is 5.52 Å². The van der Waals surface area contributed by atoms with Crippen LogP contribution >= 0.6 is 0 Å². The molecule has 0 radical (unpaired) electrons. The Balaban J connectivity index is 2.89. The Hall–Kier alpha value is -1.83. The van der Waals surface area contributed by atoms with Gasteiger partial charge >= 0.3 is 0 Å². The Labute approximate surface area is 76.2 Å². The molecule has 0 saturated carbocycles. The van der Waals surface area contributed by atoms with E-state index in [0.717, 1.165) is 16.5 Å². The second-order valence-corrected chi connectivity index (χ2v) is 2.81. The van der Waals surface area contributed by atoms with Crippen LogP contribution in [-0.4, -0.2) is 10.1 Å². The Morgan fingerprint density at radius 1 is 1.38 bits per heavy atom. The zero-order valence-corrected chi connectivity index (χ0v) is 7.07. The van der Waals surface area contributed by atoms with Crippen molar-refractivity contribution in [2.45, 2.75) is 0 Å². The topological polar surface area (TPSA) is 33.1 Å². The summed E-state index contributed by atoms with van der Waals surface area (Å²) < 4.78 is 0. The van der Waals surface area contributed by atoms with Crippen LogP contribution in [0, 0.1) is 0 Å². The van der Waals surface area contributed by atoms with Crippen molar-refractivity contribution in [2.75, 3.05) is 0 Å². The molecule has 1 N–H and O–H groups in total. The van der Waals surface area contributed by atoms with E-state index < -0.39 is 0 Å². The Bertz CT molecular complexity index is 463. The molecule has 0 unspecified atom stereocenters. The van der Waals surface area contributed by atoms with E-state index in [4.69, 9.17) is 0 Å². The maximum Gasteiger partial charge on any atom is 0.118 e. The van der Waals surface area contributed by atoms with Crippen LogP contribution in [0.25, 0.3) is 17.0 Å². The molecule has 13 heavy (non-hydrogen) atoms. The lowest BCUT2D eigenvalue weighted by atomic mass is 10.1. The van der Waals surface area contributed by atoms with Gasteiger partial charge in [-0.3, -0.25) is 4.98 Å². The third-order valence-electron chi connectivity index (χ3n) is 1.96. The van der Waals surface area contributed by atoms with Gasteiger partial charge in [0.15, 0.2) is 0 Å². The molecular weight excluding hydrogens is 162 g/mol. The predicted molar refractivity (Wildman–Crippen MR) is 53.5 cm³/mol. The van der Waals surface area contributed by atoms with Crippen LogP contribution in [0.5, 0.6) is 5.75 Å². The molecule has 1 aromatic carbocycles. The first-order chi connectivity index (χ1) is 6.31. The number of pyridine rings is 1. The minimum atomic E-state index is 0.223. The SMILES string of the molecule is C=Cc1cc(O)cc2ncccc12. The van der Waals surface area contributed by atoms with Gasteiger partial charge in [0, 0.05) is 17.6 Å². The highest BCUT2D eigenvalue weighted by molar-refractivity contribution is 5.88. The van der Waals surface area contributed by atoms with Gasteiger partial charge in [-0.1, -0.05) is 18.7 Å². The van der Waals surface area contributed by atoms with E-state index in [1.54, 1.807) is 24.4 Å². The van der Waals surface area contributed by atoms with Crippen LogP contribution < -0.4 is 0 Å². The molecule has 1 heterocycles. The molecule has 2 aromatic rings. The number of aromatic hydroxyl groups is 1. The molecule has 0 bridgehead atoms. The highest BCUT2D eigenvalue weighted by Crippen LogP contribution is 2.23. The monoisotopic (exact) mass is 171 g/mol. The molecule has 0 spiro atoms. The Kier molecular flexibility index (Phi) is 1.74. The molecule has 0 fully saturated rings. The van der Waals surface area contributed by atoms with Crippen molar-refractivity contribution in [1.29, 1.82) is 0 Å². The van der Waals surface area contributed by atoms with E-state index in [9.17, 15) is 5.11 Å². The van der Waals surface area contributed by atoms with E-state index in [0.29, 0.717) is 0 Å². The standard InChI is InChI=1S/C11H9NO/c1-2-8-6-9(13)7-11-10(8)4-3-5-12-11/h2-7,13H,1H2. The van der Waals surface area contributed by atoms with Gasteiger partial charge < -0.3 is 5.11 Å². The fourth-order valence-electron chi connectivity index (χ4n) is 1.36. The number of phenols is 1. The largest absolute Gasteiger partial charge is 0.508 e. The quantitative estimate of drug-likeness (QED) is 0.715. The third kappa shape index (κ3) is 1.26. The van der Waals surface area contributed by atoms with Crippen LogP contribution in [0.15, 0.2) is 37.0 Å². The summed E-state index contributed by atoms with van der Waals surface area (Å²) in [5.41, 5.74) is 1.69. The molecule has 64 valence electrons. The molecule has 1 aromatic heterocycles. The molecule has 0 amide bonds. The van der Waals surface area contributed by atoms with Crippen molar-refractivity contribution in [3.63, 3.8) is 0 Å². The van der Waals surface area contributed by atoms with Crippen molar-refractivity contribution in [1.82, 2.24) is 4.98 Å². The van der Waals surface area contributed by atoms with Gasteiger partial charge in [-0.05, 0) is 17.7 Å². The van der Waals surface area contributed by atoms with Crippen LogP contribution in [0.2, 0.25) is 0 Å². The van der Waals surface area contributed by atoms with Crippen LogP contribution in [0.1, 0.15) is 5.56 Å². The normalized spacial score (nSPS) is 10.2. The summed E-state index contributed by atoms with van der Waals surface area (Å²) in [7, 11) is 0. The number of benzene rings is 1. The van der Waals surface area contributed by atoms with Gasteiger partial charge in [0.1, 0.15) is 5.75 Å². The second-order valence-electron chi connectivity index (χ2n) is 2.81. The minimum absolute atomic E-state index is 0.223. The smallest absolute Gasteiger partial charge is 0.118 e. The van der Waals surface area contributed by atoms with E-state index in [2.05, 4.69) is 11.6 Å². The lowest BCUT2D eigenvalue weighted by molar-refractivity contribution is 0.476. The lowest BCUT2D eigenvalue weighted by Crippen LogP contribution is -1.81. The van der Waals surface area contributed by atoms with Gasteiger partial charge in [-0.2, -0.15) is 0 Å². The van der Waals surface area contributed by atoms with Crippen molar-refractivity contribution in [3.8, 4) is 5.75 Å². The van der Waals surface area contributed by atoms with E-state index in [-0.39, 0.29) is 5.75 Å². The molecule has 2 heteroatoms. The number of hydrogen-bond donors (Lipinski definition) is 1. The first-order valence-electron chi connectivity index (χ1n) is 4.01. The Morgan fingerprint density at radius 3 is 3.00 bits per heavy atom. The summed E-state index contributed by atoms with van der Waals surface area (Å²) in [6, 6.07) is 7.14.